The molecule has 1 saturated heterocycles. The molecule has 0 saturated carbocycles. The molecule has 1 aliphatic heterocycles. The van der Waals surface area contributed by atoms with Crippen LogP contribution in [0.3, 0.4) is 0 Å². The molecule has 0 spiro atoms. The number of hydrogen-bond acceptors (Lipinski definition) is 4. The lowest BCUT2D eigenvalue weighted by molar-refractivity contribution is 0.288. The number of furan rings is 1. The summed E-state index contributed by atoms with van der Waals surface area (Å²) in [5.74, 6) is 2.13. The molecule has 4 heteroatoms. The minimum Gasteiger partial charge on any atom is -0.468 e. The van der Waals surface area contributed by atoms with Gasteiger partial charge in [-0.3, -0.25) is 4.90 Å². The van der Waals surface area contributed by atoms with Crippen LogP contribution in [0.15, 0.2) is 41.1 Å². The minimum atomic E-state index is 0.828. The van der Waals surface area contributed by atoms with Crippen LogP contribution in [-0.2, 0) is 13.1 Å². The summed E-state index contributed by atoms with van der Waals surface area (Å²) in [6.45, 7) is 4.01. The van der Waals surface area contributed by atoms with E-state index >= 15 is 0 Å². The topological polar surface area (TPSA) is 32.5 Å². The molecule has 3 rings (SSSR count). The van der Waals surface area contributed by atoms with Crippen molar-refractivity contribution < 1.29 is 4.42 Å². The van der Waals surface area contributed by atoms with E-state index in [1.54, 1.807) is 6.26 Å². The number of anilines is 1. The highest BCUT2D eigenvalue weighted by atomic mass is 16.3. The van der Waals surface area contributed by atoms with Gasteiger partial charge in [-0.05, 0) is 56.1 Å². The highest BCUT2D eigenvalue weighted by Crippen LogP contribution is 2.19. The SMILES string of the molecule is CN(Cc1ccnc(N2CCCCC2)c1)Cc1ccco1. The van der Waals surface area contributed by atoms with Gasteiger partial charge in [-0.15, -0.1) is 0 Å². The van der Waals surface area contributed by atoms with E-state index in [1.807, 2.05) is 18.3 Å². The molecule has 0 aliphatic carbocycles. The maximum absolute atomic E-state index is 5.40. The Labute approximate surface area is 126 Å². The summed E-state index contributed by atoms with van der Waals surface area (Å²) < 4.78 is 5.40. The number of piperidine rings is 1. The van der Waals surface area contributed by atoms with E-state index in [-0.39, 0.29) is 0 Å². The van der Waals surface area contributed by atoms with Crippen molar-refractivity contribution in [3.05, 3.63) is 48.0 Å². The standard InChI is InChI=1S/C17H23N3O/c1-19(14-16-6-5-11-21-16)13-15-7-8-18-17(12-15)20-9-3-2-4-10-20/h5-8,11-12H,2-4,9-10,13-14H2,1H3. The summed E-state index contributed by atoms with van der Waals surface area (Å²) >= 11 is 0. The molecule has 112 valence electrons. The van der Waals surface area contributed by atoms with Gasteiger partial charge in [-0.2, -0.15) is 0 Å². The number of pyridine rings is 1. The molecule has 2 aromatic rings. The monoisotopic (exact) mass is 285 g/mol. The molecule has 3 heterocycles. The van der Waals surface area contributed by atoms with Crippen molar-refractivity contribution in [2.45, 2.75) is 32.4 Å². The summed E-state index contributed by atoms with van der Waals surface area (Å²) in [5, 5.41) is 0. The second-order valence-electron chi connectivity index (χ2n) is 5.82. The lowest BCUT2D eigenvalue weighted by Crippen LogP contribution is -2.30. The van der Waals surface area contributed by atoms with Gasteiger partial charge in [0, 0.05) is 25.8 Å². The van der Waals surface area contributed by atoms with E-state index in [4.69, 9.17) is 4.42 Å². The fourth-order valence-corrected chi connectivity index (χ4v) is 2.89. The third kappa shape index (κ3) is 3.85. The minimum absolute atomic E-state index is 0.828. The number of hydrogen-bond donors (Lipinski definition) is 0. The van der Waals surface area contributed by atoms with Gasteiger partial charge in [-0.25, -0.2) is 4.98 Å². The van der Waals surface area contributed by atoms with Gasteiger partial charge in [0.15, 0.2) is 0 Å². The molecule has 0 amide bonds. The van der Waals surface area contributed by atoms with Crippen LogP contribution in [0.25, 0.3) is 0 Å². The Bertz CT molecular complexity index is 547. The van der Waals surface area contributed by atoms with Crippen molar-refractivity contribution in [1.29, 1.82) is 0 Å². The zero-order chi connectivity index (χ0) is 14.5. The van der Waals surface area contributed by atoms with Gasteiger partial charge in [-0.1, -0.05) is 0 Å². The van der Waals surface area contributed by atoms with Crippen molar-refractivity contribution in [1.82, 2.24) is 9.88 Å². The van der Waals surface area contributed by atoms with Crippen molar-refractivity contribution in [3.63, 3.8) is 0 Å². The molecule has 2 aromatic heterocycles. The first-order chi connectivity index (χ1) is 10.3. The summed E-state index contributed by atoms with van der Waals surface area (Å²) in [5.41, 5.74) is 1.31. The van der Waals surface area contributed by atoms with E-state index in [0.29, 0.717) is 0 Å². The second kappa shape index (κ2) is 6.76. The first-order valence-electron chi connectivity index (χ1n) is 7.72. The molecule has 0 bridgehead atoms. The summed E-state index contributed by atoms with van der Waals surface area (Å²) in [4.78, 5) is 9.20. The average molecular weight is 285 g/mol. The predicted octanol–water partition coefficient (Wildman–Crippen LogP) is 3.30. The molecule has 1 fully saturated rings. The van der Waals surface area contributed by atoms with Crippen molar-refractivity contribution in [2.75, 3.05) is 25.0 Å². The molecule has 0 N–H and O–H groups in total. The van der Waals surface area contributed by atoms with Crippen LogP contribution >= 0.6 is 0 Å². The van der Waals surface area contributed by atoms with Crippen LogP contribution < -0.4 is 4.90 Å². The highest BCUT2D eigenvalue weighted by Gasteiger charge is 2.12. The predicted molar refractivity (Wildman–Crippen MR) is 84.2 cm³/mol. The fourth-order valence-electron chi connectivity index (χ4n) is 2.89. The Kier molecular flexibility index (Phi) is 4.55. The van der Waals surface area contributed by atoms with E-state index in [1.165, 1.54) is 24.8 Å². The molecular formula is C17H23N3O. The quantitative estimate of drug-likeness (QED) is 0.844. The van der Waals surface area contributed by atoms with Gasteiger partial charge in [0.1, 0.15) is 11.6 Å². The second-order valence-corrected chi connectivity index (χ2v) is 5.82. The molecule has 4 nitrogen and oxygen atoms in total. The fraction of sp³-hybridized carbons (Fsp3) is 0.471. The molecule has 0 aromatic carbocycles. The van der Waals surface area contributed by atoms with Gasteiger partial charge < -0.3 is 9.32 Å². The highest BCUT2D eigenvalue weighted by molar-refractivity contribution is 5.41. The molecular weight excluding hydrogens is 262 g/mol. The van der Waals surface area contributed by atoms with Crippen molar-refractivity contribution >= 4 is 5.82 Å². The van der Waals surface area contributed by atoms with Crippen LogP contribution in [0.5, 0.6) is 0 Å². The molecule has 0 atom stereocenters. The Morgan fingerprint density at radius 2 is 2.05 bits per heavy atom. The van der Waals surface area contributed by atoms with Crippen molar-refractivity contribution in [2.24, 2.45) is 0 Å². The summed E-state index contributed by atoms with van der Waals surface area (Å²) in [6.07, 6.45) is 7.57. The van der Waals surface area contributed by atoms with Gasteiger partial charge in [0.2, 0.25) is 0 Å². The maximum Gasteiger partial charge on any atom is 0.128 e. The molecule has 0 radical (unpaired) electrons. The van der Waals surface area contributed by atoms with Crippen LogP contribution in [0.4, 0.5) is 5.82 Å². The van der Waals surface area contributed by atoms with Gasteiger partial charge in [0.25, 0.3) is 0 Å². The third-order valence-electron chi connectivity index (χ3n) is 3.95. The van der Waals surface area contributed by atoms with Gasteiger partial charge in [0.05, 0.1) is 12.8 Å². The lowest BCUT2D eigenvalue weighted by Gasteiger charge is -2.28. The van der Waals surface area contributed by atoms with Crippen molar-refractivity contribution in [3.8, 4) is 0 Å². The van der Waals surface area contributed by atoms with Crippen LogP contribution in [0.2, 0.25) is 0 Å². The lowest BCUT2D eigenvalue weighted by atomic mass is 10.1. The maximum atomic E-state index is 5.40. The normalized spacial score (nSPS) is 15.6. The van der Waals surface area contributed by atoms with E-state index in [9.17, 15) is 0 Å². The molecule has 21 heavy (non-hydrogen) atoms. The average Bonchev–Trinajstić information content (AvgIpc) is 3.01. The Hall–Kier alpha value is -1.81. The van der Waals surface area contributed by atoms with E-state index in [0.717, 1.165) is 37.8 Å². The zero-order valence-electron chi connectivity index (χ0n) is 12.7. The Morgan fingerprint density at radius 3 is 2.81 bits per heavy atom. The van der Waals surface area contributed by atoms with Crippen LogP contribution in [-0.4, -0.2) is 30.0 Å². The molecule has 0 unspecified atom stereocenters. The largest absolute Gasteiger partial charge is 0.468 e. The molecule has 1 aliphatic rings. The van der Waals surface area contributed by atoms with E-state index in [2.05, 4.69) is 34.0 Å². The first kappa shape index (κ1) is 14.1. The zero-order valence-corrected chi connectivity index (χ0v) is 12.7. The number of aromatic nitrogens is 1. The third-order valence-corrected chi connectivity index (χ3v) is 3.95. The number of nitrogens with zero attached hydrogens (tertiary/aromatic N) is 3. The first-order valence-corrected chi connectivity index (χ1v) is 7.72. The summed E-state index contributed by atoms with van der Waals surface area (Å²) in [7, 11) is 2.11. The van der Waals surface area contributed by atoms with Crippen LogP contribution in [0.1, 0.15) is 30.6 Å². The summed E-state index contributed by atoms with van der Waals surface area (Å²) in [6, 6.07) is 8.28. The smallest absolute Gasteiger partial charge is 0.128 e. The van der Waals surface area contributed by atoms with Crippen LogP contribution in [0, 0.1) is 0 Å². The Morgan fingerprint density at radius 1 is 1.19 bits per heavy atom. The van der Waals surface area contributed by atoms with E-state index < -0.39 is 0 Å². The van der Waals surface area contributed by atoms with Gasteiger partial charge >= 0.3 is 0 Å². The Balaban J connectivity index is 1.62. The number of rotatable bonds is 5.